The number of hydrogen-bond donors (Lipinski definition) is 1. The maximum absolute atomic E-state index is 12.0. The van der Waals surface area contributed by atoms with E-state index in [9.17, 15) is 4.79 Å². The molecule has 2 aromatic heterocycles. The molecule has 3 heterocycles. The van der Waals surface area contributed by atoms with E-state index in [1.54, 1.807) is 6.07 Å². The molecule has 0 radical (unpaired) electrons. The van der Waals surface area contributed by atoms with Gasteiger partial charge in [-0.15, -0.1) is 0 Å². The zero-order chi connectivity index (χ0) is 17.8. The Balaban J connectivity index is 1.62. The molecule has 136 valence electrons. The molecule has 3 rings (SSSR count). The molecule has 7 heteroatoms. The van der Waals surface area contributed by atoms with Gasteiger partial charge in [-0.25, -0.2) is 0 Å². The number of carbonyl (C=O) groups excluding carboxylic acids is 1. The summed E-state index contributed by atoms with van der Waals surface area (Å²) >= 11 is 0. The third kappa shape index (κ3) is 4.10. The maximum atomic E-state index is 12.0. The number of rotatable bonds is 6. The summed E-state index contributed by atoms with van der Waals surface area (Å²) in [6.07, 6.45) is 5.04. The molecule has 0 saturated carbocycles. The average molecular weight is 345 g/mol. The number of piperidine rings is 1. The molecule has 1 N–H and O–H groups in total. The minimum atomic E-state index is -0.181. The van der Waals surface area contributed by atoms with E-state index in [1.807, 2.05) is 24.9 Å². The predicted molar refractivity (Wildman–Crippen MR) is 94.3 cm³/mol. The van der Waals surface area contributed by atoms with Crippen molar-refractivity contribution in [3.63, 3.8) is 0 Å². The van der Waals surface area contributed by atoms with Crippen molar-refractivity contribution in [2.75, 3.05) is 19.6 Å². The second kappa shape index (κ2) is 7.82. The zero-order valence-electron chi connectivity index (χ0n) is 15.3. The van der Waals surface area contributed by atoms with Crippen LogP contribution in [0.25, 0.3) is 0 Å². The van der Waals surface area contributed by atoms with E-state index in [4.69, 9.17) is 4.52 Å². The predicted octanol–water partition coefficient (Wildman–Crippen LogP) is 2.24. The molecule has 1 amide bonds. The number of nitrogens with one attached hydrogen (secondary N) is 1. The lowest BCUT2D eigenvalue weighted by atomic mass is 9.94. The average Bonchev–Trinajstić information content (AvgIpc) is 3.23. The number of carbonyl (C=O) groups is 1. The minimum absolute atomic E-state index is 0.181. The van der Waals surface area contributed by atoms with Gasteiger partial charge in [0.1, 0.15) is 0 Å². The van der Waals surface area contributed by atoms with Crippen molar-refractivity contribution in [3.8, 4) is 0 Å². The van der Waals surface area contributed by atoms with Gasteiger partial charge in [0.05, 0.1) is 11.9 Å². The van der Waals surface area contributed by atoms with Crippen LogP contribution in [0.3, 0.4) is 0 Å². The van der Waals surface area contributed by atoms with E-state index in [1.165, 1.54) is 11.3 Å². The fourth-order valence-electron chi connectivity index (χ4n) is 3.29. The van der Waals surface area contributed by atoms with Gasteiger partial charge in [-0.05, 0) is 32.7 Å². The van der Waals surface area contributed by atoms with Gasteiger partial charge in [0.15, 0.2) is 0 Å². The summed E-state index contributed by atoms with van der Waals surface area (Å²) in [7, 11) is 1.97. The molecule has 0 bridgehead atoms. The third-order valence-electron chi connectivity index (χ3n) is 4.94. The van der Waals surface area contributed by atoms with Gasteiger partial charge in [-0.3, -0.25) is 14.4 Å². The molecular formula is C18H27N5O2. The first kappa shape index (κ1) is 17.7. The third-order valence-corrected chi connectivity index (χ3v) is 4.94. The SMILES string of the molecule is CCCNC(=O)c1cc([C@H]2CCCN(Cc3cnn(C)c3C)C2)no1. The highest BCUT2D eigenvalue weighted by Gasteiger charge is 2.26. The Bertz CT molecular complexity index is 721. The van der Waals surface area contributed by atoms with Gasteiger partial charge in [0.2, 0.25) is 5.76 Å². The molecule has 2 aromatic rings. The van der Waals surface area contributed by atoms with Crippen LogP contribution in [-0.2, 0) is 13.6 Å². The van der Waals surface area contributed by atoms with Crippen LogP contribution in [0, 0.1) is 6.92 Å². The standard InChI is InChI=1S/C18H27N5O2/c1-4-7-19-18(24)17-9-16(21-25-17)14-6-5-8-23(11-14)12-15-10-20-22(3)13(15)2/h9-10,14H,4-8,11-12H2,1-3H3,(H,19,24)/t14-/m0/s1. The molecule has 0 unspecified atom stereocenters. The molecular weight excluding hydrogens is 318 g/mol. The smallest absolute Gasteiger partial charge is 0.289 e. The monoisotopic (exact) mass is 345 g/mol. The van der Waals surface area contributed by atoms with Crippen LogP contribution in [0.5, 0.6) is 0 Å². The van der Waals surface area contributed by atoms with Gasteiger partial charge in [0, 0.05) is 49.9 Å². The molecule has 7 nitrogen and oxygen atoms in total. The maximum Gasteiger partial charge on any atom is 0.289 e. The van der Waals surface area contributed by atoms with E-state index < -0.39 is 0 Å². The molecule has 1 fully saturated rings. The number of hydrogen-bond acceptors (Lipinski definition) is 5. The highest BCUT2D eigenvalue weighted by Crippen LogP contribution is 2.27. The molecule has 1 atom stereocenters. The van der Waals surface area contributed by atoms with Crippen LogP contribution >= 0.6 is 0 Å². The first-order valence-corrected chi connectivity index (χ1v) is 9.03. The van der Waals surface area contributed by atoms with Gasteiger partial charge >= 0.3 is 0 Å². The van der Waals surface area contributed by atoms with Gasteiger partial charge in [0.25, 0.3) is 5.91 Å². The second-order valence-electron chi connectivity index (χ2n) is 6.83. The van der Waals surface area contributed by atoms with Crippen LogP contribution in [0.2, 0.25) is 0 Å². The highest BCUT2D eigenvalue weighted by atomic mass is 16.5. The first-order chi connectivity index (χ1) is 12.1. The minimum Gasteiger partial charge on any atom is -0.351 e. The Morgan fingerprint density at radius 1 is 1.48 bits per heavy atom. The summed E-state index contributed by atoms with van der Waals surface area (Å²) < 4.78 is 7.17. The summed E-state index contributed by atoms with van der Waals surface area (Å²) in [5.41, 5.74) is 3.36. The van der Waals surface area contributed by atoms with Crippen LogP contribution in [0.1, 0.15) is 59.6 Å². The lowest BCUT2D eigenvalue weighted by Crippen LogP contribution is -2.34. The largest absolute Gasteiger partial charge is 0.351 e. The fraction of sp³-hybridized carbons (Fsp3) is 0.611. The number of nitrogens with zero attached hydrogens (tertiary/aromatic N) is 4. The van der Waals surface area contributed by atoms with Crippen molar-refractivity contribution < 1.29 is 9.32 Å². The highest BCUT2D eigenvalue weighted by molar-refractivity contribution is 5.91. The summed E-state index contributed by atoms with van der Waals surface area (Å²) in [5.74, 6) is 0.435. The lowest BCUT2D eigenvalue weighted by molar-refractivity contribution is 0.0916. The van der Waals surface area contributed by atoms with E-state index >= 15 is 0 Å². The Labute approximate surface area is 148 Å². The number of likely N-dealkylation sites (tertiary alicyclic amines) is 1. The Hall–Kier alpha value is -2.15. The summed E-state index contributed by atoms with van der Waals surface area (Å²) in [6, 6.07) is 1.80. The Morgan fingerprint density at radius 3 is 3.04 bits per heavy atom. The Morgan fingerprint density at radius 2 is 2.32 bits per heavy atom. The zero-order valence-corrected chi connectivity index (χ0v) is 15.3. The topological polar surface area (TPSA) is 76.2 Å². The lowest BCUT2D eigenvalue weighted by Gasteiger charge is -2.31. The molecule has 1 aliphatic rings. The van der Waals surface area contributed by atoms with E-state index in [0.717, 1.165) is 44.6 Å². The van der Waals surface area contributed by atoms with Gasteiger partial charge < -0.3 is 9.84 Å². The molecule has 0 spiro atoms. The molecule has 1 aliphatic heterocycles. The molecule has 0 aliphatic carbocycles. The van der Waals surface area contributed by atoms with E-state index in [-0.39, 0.29) is 5.91 Å². The first-order valence-electron chi connectivity index (χ1n) is 9.03. The summed E-state index contributed by atoms with van der Waals surface area (Å²) in [4.78, 5) is 14.4. The van der Waals surface area contributed by atoms with E-state index in [0.29, 0.717) is 18.2 Å². The van der Waals surface area contributed by atoms with Gasteiger partial charge in [-0.1, -0.05) is 12.1 Å². The van der Waals surface area contributed by atoms with Crippen molar-refractivity contribution >= 4 is 5.91 Å². The molecule has 0 aromatic carbocycles. The van der Waals surface area contributed by atoms with Crippen LogP contribution in [0.15, 0.2) is 16.8 Å². The van der Waals surface area contributed by atoms with Crippen LogP contribution < -0.4 is 5.32 Å². The molecule has 1 saturated heterocycles. The van der Waals surface area contributed by atoms with Crippen molar-refractivity contribution in [2.24, 2.45) is 7.05 Å². The fourth-order valence-corrected chi connectivity index (χ4v) is 3.29. The van der Waals surface area contributed by atoms with Crippen LogP contribution in [-0.4, -0.2) is 45.4 Å². The van der Waals surface area contributed by atoms with Crippen molar-refractivity contribution in [3.05, 3.63) is 35.0 Å². The second-order valence-corrected chi connectivity index (χ2v) is 6.83. The quantitative estimate of drug-likeness (QED) is 0.869. The van der Waals surface area contributed by atoms with Crippen LogP contribution in [0.4, 0.5) is 0 Å². The normalized spacial score (nSPS) is 18.4. The number of amides is 1. The van der Waals surface area contributed by atoms with Crippen molar-refractivity contribution in [2.45, 2.75) is 45.6 Å². The van der Waals surface area contributed by atoms with E-state index in [2.05, 4.69) is 27.4 Å². The summed E-state index contributed by atoms with van der Waals surface area (Å²) in [6.45, 7) is 7.67. The summed E-state index contributed by atoms with van der Waals surface area (Å²) in [5, 5.41) is 11.3. The molecule has 25 heavy (non-hydrogen) atoms. The number of aryl methyl sites for hydroxylation is 1. The number of aromatic nitrogens is 3. The van der Waals surface area contributed by atoms with Gasteiger partial charge in [-0.2, -0.15) is 5.10 Å². The van der Waals surface area contributed by atoms with Crippen molar-refractivity contribution in [1.29, 1.82) is 0 Å². The van der Waals surface area contributed by atoms with Crippen molar-refractivity contribution in [1.82, 2.24) is 25.2 Å². The Kier molecular flexibility index (Phi) is 5.53.